The van der Waals surface area contributed by atoms with Crippen LogP contribution in [0, 0.1) is 0 Å². The molecule has 0 aliphatic heterocycles. The van der Waals surface area contributed by atoms with Gasteiger partial charge in [-0.2, -0.15) is 0 Å². The second-order valence-corrected chi connectivity index (χ2v) is 28.1. The van der Waals surface area contributed by atoms with Gasteiger partial charge in [0.25, 0.3) is 0 Å². The first-order valence-corrected chi connectivity index (χ1v) is 40.7. The van der Waals surface area contributed by atoms with E-state index in [9.17, 15) is 19.8 Å². The molecule has 2 atom stereocenters. The monoisotopic (exact) mass is 1250 g/mol. The van der Waals surface area contributed by atoms with Crippen LogP contribution in [0.5, 0.6) is 0 Å². The first-order chi connectivity index (χ1) is 44.0. The molecule has 2 unspecified atom stereocenters. The third-order valence-corrected chi connectivity index (χ3v) is 19.2. The summed E-state index contributed by atoms with van der Waals surface area (Å²) in [5, 5.41) is 23.5. The van der Waals surface area contributed by atoms with Crippen LogP contribution >= 0.6 is 0 Å². The summed E-state index contributed by atoms with van der Waals surface area (Å²) in [4.78, 5) is 24.7. The van der Waals surface area contributed by atoms with Crippen molar-refractivity contribution in [1.82, 2.24) is 5.32 Å². The number of aliphatic hydroxyl groups excluding tert-OH is 2. The van der Waals surface area contributed by atoms with E-state index in [1.54, 1.807) is 0 Å². The largest absolute Gasteiger partial charge is 0.466 e. The summed E-state index contributed by atoms with van der Waals surface area (Å²) in [6, 6.07) is -0.541. The van der Waals surface area contributed by atoms with Crippen LogP contribution in [0.4, 0.5) is 0 Å². The fraction of sp³-hybridized carbons (Fsp3) is 0.904. The molecule has 0 aromatic carbocycles. The standard InChI is InChI=1S/C83H159NO5/c1-3-5-7-9-11-13-15-17-19-20-21-22-23-32-35-38-41-44-48-51-55-59-63-67-71-75-81(86)80(79-85)84-82(87)76-72-68-64-60-56-52-49-45-42-39-36-33-30-28-26-24-25-27-29-31-34-37-40-43-46-50-54-58-62-66-70-74-78-89-83(88)77-73-69-65-61-57-53-47-18-16-14-12-10-8-6-4-2/h12,14,18,27,29,47,80-81,85-86H,3-11,13,15-17,19-26,28,30-46,48-79H2,1-2H3,(H,84,87)/b14-12-,29-27-,47-18-. The average Bonchev–Trinajstić information content (AvgIpc) is 3.57. The quantitative estimate of drug-likeness (QED) is 0.0320. The first kappa shape index (κ1) is 87.1. The Labute approximate surface area is 557 Å². The summed E-state index contributed by atoms with van der Waals surface area (Å²) < 4.78 is 5.49. The van der Waals surface area contributed by atoms with Gasteiger partial charge in [-0.25, -0.2) is 0 Å². The number of amides is 1. The van der Waals surface area contributed by atoms with E-state index in [2.05, 4.69) is 55.6 Å². The second-order valence-electron chi connectivity index (χ2n) is 28.1. The van der Waals surface area contributed by atoms with Crippen LogP contribution in [-0.2, 0) is 14.3 Å². The molecule has 0 bridgehead atoms. The van der Waals surface area contributed by atoms with Crippen molar-refractivity contribution in [3.63, 3.8) is 0 Å². The van der Waals surface area contributed by atoms with Crippen molar-refractivity contribution in [2.75, 3.05) is 13.2 Å². The smallest absolute Gasteiger partial charge is 0.305 e. The maximum Gasteiger partial charge on any atom is 0.305 e. The molecule has 1 amide bonds. The molecule has 6 heteroatoms. The molecule has 0 saturated heterocycles. The summed E-state index contributed by atoms with van der Waals surface area (Å²) in [6.45, 7) is 4.97. The van der Waals surface area contributed by atoms with Crippen molar-refractivity contribution < 1.29 is 24.5 Å². The van der Waals surface area contributed by atoms with Crippen LogP contribution in [0.3, 0.4) is 0 Å². The lowest BCUT2D eigenvalue weighted by atomic mass is 10.0. The molecule has 526 valence electrons. The van der Waals surface area contributed by atoms with Gasteiger partial charge in [0.1, 0.15) is 0 Å². The zero-order chi connectivity index (χ0) is 64.2. The highest BCUT2D eigenvalue weighted by molar-refractivity contribution is 5.76. The molecule has 0 heterocycles. The van der Waals surface area contributed by atoms with Crippen molar-refractivity contribution >= 4 is 11.9 Å². The molecule has 0 rings (SSSR count). The topological polar surface area (TPSA) is 95.9 Å². The number of allylic oxidation sites excluding steroid dienone is 6. The maximum atomic E-state index is 12.6. The van der Waals surface area contributed by atoms with E-state index in [1.165, 1.54) is 372 Å². The minimum Gasteiger partial charge on any atom is -0.466 e. The predicted octanol–water partition coefficient (Wildman–Crippen LogP) is 27.0. The lowest BCUT2D eigenvalue weighted by Crippen LogP contribution is -2.45. The summed E-state index contributed by atoms with van der Waals surface area (Å²) >= 11 is 0. The van der Waals surface area contributed by atoms with Crippen LogP contribution in [0.15, 0.2) is 36.5 Å². The van der Waals surface area contributed by atoms with E-state index in [-0.39, 0.29) is 18.5 Å². The van der Waals surface area contributed by atoms with Gasteiger partial charge in [0.15, 0.2) is 0 Å². The molecule has 89 heavy (non-hydrogen) atoms. The number of carbonyl (C=O) groups excluding carboxylic acids is 2. The Kier molecular flexibility index (Phi) is 76.8. The van der Waals surface area contributed by atoms with Gasteiger partial charge in [0, 0.05) is 12.8 Å². The van der Waals surface area contributed by atoms with Gasteiger partial charge >= 0.3 is 5.97 Å². The number of hydrogen-bond donors (Lipinski definition) is 3. The highest BCUT2D eigenvalue weighted by Crippen LogP contribution is 2.20. The van der Waals surface area contributed by atoms with Crippen molar-refractivity contribution in [3.8, 4) is 0 Å². The Balaban J connectivity index is 3.36. The number of aliphatic hydroxyl groups is 2. The van der Waals surface area contributed by atoms with E-state index in [0.717, 1.165) is 51.4 Å². The molecule has 3 N–H and O–H groups in total. The lowest BCUT2D eigenvalue weighted by molar-refractivity contribution is -0.143. The van der Waals surface area contributed by atoms with E-state index in [4.69, 9.17) is 4.74 Å². The number of rotatable bonds is 77. The lowest BCUT2D eigenvalue weighted by Gasteiger charge is -2.22. The highest BCUT2D eigenvalue weighted by Gasteiger charge is 2.20. The molecule has 0 fully saturated rings. The summed E-state index contributed by atoms with van der Waals surface area (Å²) in [5.74, 6) is -0.0217. The van der Waals surface area contributed by atoms with Gasteiger partial charge in [-0.15, -0.1) is 0 Å². The van der Waals surface area contributed by atoms with E-state index < -0.39 is 12.1 Å². The Bertz CT molecular complexity index is 1440. The molecule has 0 saturated carbocycles. The van der Waals surface area contributed by atoms with Gasteiger partial charge in [0.2, 0.25) is 5.91 Å². The number of nitrogens with one attached hydrogen (secondary N) is 1. The zero-order valence-electron chi connectivity index (χ0n) is 60.4. The van der Waals surface area contributed by atoms with E-state index in [1.807, 2.05) is 0 Å². The fourth-order valence-corrected chi connectivity index (χ4v) is 13.0. The van der Waals surface area contributed by atoms with Crippen molar-refractivity contribution in [2.24, 2.45) is 0 Å². The Morgan fingerprint density at radius 3 is 0.888 bits per heavy atom. The maximum absolute atomic E-state index is 12.6. The van der Waals surface area contributed by atoms with Crippen LogP contribution in [0.1, 0.15) is 457 Å². The summed E-state index contributed by atoms with van der Waals surface area (Å²) in [7, 11) is 0. The van der Waals surface area contributed by atoms with Crippen molar-refractivity contribution in [2.45, 2.75) is 469 Å². The highest BCUT2D eigenvalue weighted by atomic mass is 16.5. The molecule has 0 aromatic rings. The van der Waals surface area contributed by atoms with E-state index in [0.29, 0.717) is 25.9 Å². The van der Waals surface area contributed by atoms with Gasteiger partial charge in [-0.05, 0) is 83.5 Å². The van der Waals surface area contributed by atoms with Gasteiger partial charge in [-0.3, -0.25) is 9.59 Å². The minimum absolute atomic E-state index is 0.00496. The number of hydrogen-bond acceptors (Lipinski definition) is 5. The zero-order valence-corrected chi connectivity index (χ0v) is 60.4. The fourth-order valence-electron chi connectivity index (χ4n) is 13.0. The van der Waals surface area contributed by atoms with Gasteiger partial charge in [-0.1, -0.05) is 397 Å². The van der Waals surface area contributed by atoms with Crippen LogP contribution < -0.4 is 5.32 Å². The van der Waals surface area contributed by atoms with E-state index >= 15 is 0 Å². The summed E-state index contributed by atoms with van der Waals surface area (Å²) in [6.07, 6.45) is 102. The Morgan fingerprint density at radius 1 is 0.315 bits per heavy atom. The molecule has 0 aliphatic carbocycles. The van der Waals surface area contributed by atoms with Crippen LogP contribution in [-0.4, -0.2) is 47.4 Å². The molecule has 0 radical (unpaired) electrons. The molecule has 6 nitrogen and oxygen atoms in total. The Hall–Kier alpha value is -1.92. The van der Waals surface area contributed by atoms with Crippen LogP contribution in [0.25, 0.3) is 0 Å². The third kappa shape index (κ3) is 75.0. The molecule has 0 aliphatic rings. The average molecular weight is 1250 g/mol. The number of ether oxygens (including phenoxy) is 1. The third-order valence-electron chi connectivity index (χ3n) is 19.2. The Morgan fingerprint density at radius 2 is 0.562 bits per heavy atom. The normalized spacial score (nSPS) is 12.6. The van der Waals surface area contributed by atoms with Gasteiger partial charge in [0.05, 0.1) is 25.4 Å². The van der Waals surface area contributed by atoms with Crippen molar-refractivity contribution in [1.29, 1.82) is 0 Å². The molecular formula is C83H159NO5. The van der Waals surface area contributed by atoms with Crippen LogP contribution in [0.2, 0.25) is 0 Å². The number of carbonyl (C=O) groups is 2. The van der Waals surface area contributed by atoms with Crippen molar-refractivity contribution in [3.05, 3.63) is 36.5 Å². The first-order valence-electron chi connectivity index (χ1n) is 40.7. The summed E-state index contributed by atoms with van der Waals surface area (Å²) in [5.41, 5.74) is 0. The van der Waals surface area contributed by atoms with Gasteiger partial charge < -0.3 is 20.3 Å². The molecule has 0 aromatic heterocycles. The number of unbranched alkanes of at least 4 members (excludes halogenated alkanes) is 60. The SMILES string of the molecule is CCCCC/C=C\C/C=C\CCCCCCCC(=O)OCCCCCCCCCCCCCC/C=C\CCCCCCCCCCCCCCCCCCC(=O)NC(CO)C(O)CCCCCCCCCCCCCCCCCCCCCCCCCCC. The molecule has 0 spiro atoms. The number of esters is 1. The minimum atomic E-state index is -0.664. The molecular weight excluding hydrogens is 1090 g/mol. The second kappa shape index (κ2) is 78.5. The predicted molar refractivity (Wildman–Crippen MR) is 393 cm³/mol.